The van der Waals surface area contributed by atoms with Gasteiger partial charge in [-0.05, 0) is 72.5 Å². The van der Waals surface area contributed by atoms with Crippen molar-refractivity contribution < 1.29 is 9.90 Å². The summed E-state index contributed by atoms with van der Waals surface area (Å²) in [6.45, 7) is 0. The average molecular weight is 444 g/mol. The standard InChI is InChI=1S/C26H25N3O2S/c27-18-6-8-19(9-7-18)29-25-21-14-17(16-3-10-20(30)11-4-16)5-12-23(21)28-15-22(25)26(31)24-2-1-13-32-24/h1-5,10-15,18-19,30H,6-9,27H2,(H,28,29)/t18-,19-. The quantitative estimate of drug-likeness (QED) is 0.350. The lowest BCUT2D eigenvalue weighted by Crippen LogP contribution is -2.33. The zero-order valence-corrected chi connectivity index (χ0v) is 18.4. The van der Waals surface area contributed by atoms with Crippen LogP contribution in [0.1, 0.15) is 40.9 Å². The summed E-state index contributed by atoms with van der Waals surface area (Å²) in [7, 11) is 0. The van der Waals surface area contributed by atoms with Gasteiger partial charge in [0, 0.05) is 23.7 Å². The lowest BCUT2D eigenvalue weighted by molar-refractivity contribution is 0.104. The number of benzene rings is 2. The lowest BCUT2D eigenvalue weighted by atomic mass is 9.91. The summed E-state index contributed by atoms with van der Waals surface area (Å²) in [6, 6.07) is 17.5. The highest BCUT2D eigenvalue weighted by Crippen LogP contribution is 2.34. The molecule has 0 amide bonds. The number of phenols is 1. The minimum Gasteiger partial charge on any atom is -0.508 e. The Labute approximate surface area is 190 Å². The predicted octanol–water partition coefficient (Wildman–Crippen LogP) is 5.58. The normalized spacial score (nSPS) is 18.5. The van der Waals surface area contributed by atoms with Crippen LogP contribution in [0.25, 0.3) is 22.0 Å². The Morgan fingerprint density at radius 2 is 1.78 bits per heavy atom. The van der Waals surface area contributed by atoms with Crippen LogP contribution in [0.2, 0.25) is 0 Å². The molecule has 1 saturated carbocycles. The number of aromatic hydroxyl groups is 1. The number of aromatic nitrogens is 1. The number of thiophene rings is 1. The van der Waals surface area contributed by atoms with Gasteiger partial charge in [-0.25, -0.2) is 0 Å². The molecule has 5 nitrogen and oxygen atoms in total. The summed E-state index contributed by atoms with van der Waals surface area (Å²) in [6.07, 6.45) is 5.62. The molecular weight excluding hydrogens is 418 g/mol. The second kappa shape index (κ2) is 8.73. The highest BCUT2D eigenvalue weighted by Gasteiger charge is 2.23. The van der Waals surface area contributed by atoms with E-state index in [2.05, 4.69) is 16.4 Å². The molecule has 0 radical (unpaired) electrons. The fraction of sp³-hybridized carbons (Fsp3) is 0.231. The van der Waals surface area contributed by atoms with Gasteiger partial charge in [-0.3, -0.25) is 9.78 Å². The number of rotatable bonds is 5. The van der Waals surface area contributed by atoms with E-state index in [0.717, 1.165) is 53.4 Å². The molecule has 2 heterocycles. The first kappa shape index (κ1) is 20.7. The average Bonchev–Trinajstić information content (AvgIpc) is 3.36. The van der Waals surface area contributed by atoms with Crippen LogP contribution in [0.3, 0.4) is 0 Å². The van der Waals surface area contributed by atoms with E-state index in [0.29, 0.717) is 10.4 Å². The molecule has 2 aromatic carbocycles. The lowest BCUT2D eigenvalue weighted by Gasteiger charge is -2.29. The van der Waals surface area contributed by atoms with Crippen LogP contribution in [0, 0.1) is 0 Å². The van der Waals surface area contributed by atoms with Crippen molar-refractivity contribution in [3.63, 3.8) is 0 Å². The zero-order valence-electron chi connectivity index (χ0n) is 17.6. The highest BCUT2D eigenvalue weighted by atomic mass is 32.1. The number of carbonyl (C=O) groups excluding carboxylic acids is 1. The molecule has 0 aliphatic heterocycles. The highest BCUT2D eigenvalue weighted by molar-refractivity contribution is 7.12. The predicted molar refractivity (Wildman–Crippen MR) is 130 cm³/mol. The van der Waals surface area contributed by atoms with Gasteiger partial charge in [0.25, 0.3) is 0 Å². The first-order valence-electron chi connectivity index (χ1n) is 10.9. The molecule has 2 aromatic heterocycles. The number of nitrogens with two attached hydrogens (primary N) is 1. The monoisotopic (exact) mass is 443 g/mol. The number of nitrogens with zero attached hydrogens (tertiary/aromatic N) is 1. The number of pyridine rings is 1. The summed E-state index contributed by atoms with van der Waals surface area (Å²) < 4.78 is 0. The van der Waals surface area contributed by atoms with Gasteiger partial charge < -0.3 is 16.2 Å². The Morgan fingerprint density at radius 1 is 1.03 bits per heavy atom. The Hall–Kier alpha value is -3.22. The van der Waals surface area contributed by atoms with Crippen LogP contribution in [0.5, 0.6) is 5.75 Å². The maximum absolute atomic E-state index is 13.3. The number of fused-ring (bicyclic) bond motifs is 1. The van der Waals surface area contributed by atoms with Crippen molar-refractivity contribution in [2.75, 3.05) is 5.32 Å². The van der Waals surface area contributed by atoms with Crippen LogP contribution in [-0.4, -0.2) is 28.0 Å². The molecule has 0 spiro atoms. The molecule has 5 rings (SSSR count). The van der Waals surface area contributed by atoms with Crippen LogP contribution >= 0.6 is 11.3 Å². The van der Waals surface area contributed by atoms with Gasteiger partial charge in [-0.15, -0.1) is 11.3 Å². The summed E-state index contributed by atoms with van der Waals surface area (Å²) >= 11 is 1.44. The molecule has 0 saturated heterocycles. The first-order valence-corrected chi connectivity index (χ1v) is 11.8. The van der Waals surface area contributed by atoms with Crippen LogP contribution in [0.4, 0.5) is 5.69 Å². The molecule has 4 aromatic rings. The van der Waals surface area contributed by atoms with Crippen molar-refractivity contribution >= 4 is 33.7 Å². The van der Waals surface area contributed by atoms with Crippen molar-refractivity contribution in [1.29, 1.82) is 0 Å². The van der Waals surface area contributed by atoms with Crippen molar-refractivity contribution in [2.24, 2.45) is 5.73 Å². The van der Waals surface area contributed by atoms with Gasteiger partial charge in [0.1, 0.15) is 5.75 Å². The van der Waals surface area contributed by atoms with Gasteiger partial charge >= 0.3 is 0 Å². The second-order valence-corrected chi connectivity index (χ2v) is 9.34. The molecule has 6 heteroatoms. The molecule has 1 aliphatic rings. The van der Waals surface area contributed by atoms with Gasteiger partial charge in [-0.2, -0.15) is 0 Å². The van der Waals surface area contributed by atoms with Crippen LogP contribution < -0.4 is 11.1 Å². The number of hydrogen-bond donors (Lipinski definition) is 3. The molecule has 0 bridgehead atoms. The molecule has 162 valence electrons. The number of nitrogens with one attached hydrogen (secondary N) is 1. The SMILES string of the molecule is N[C@H]1CC[C@H](Nc2c(C(=O)c3cccs3)cnc3ccc(-c4ccc(O)cc4)cc23)CC1. The smallest absolute Gasteiger partial charge is 0.206 e. The molecule has 1 fully saturated rings. The molecule has 0 atom stereocenters. The summed E-state index contributed by atoms with van der Waals surface area (Å²) in [5.74, 6) is 0.220. The number of ketones is 1. The Morgan fingerprint density at radius 3 is 2.50 bits per heavy atom. The van der Waals surface area contributed by atoms with Crippen molar-refractivity contribution in [1.82, 2.24) is 4.98 Å². The van der Waals surface area contributed by atoms with Gasteiger partial charge in [0.05, 0.1) is 21.6 Å². The molecular formula is C26H25N3O2S. The second-order valence-electron chi connectivity index (χ2n) is 8.39. The summed E-state index contributed by atoms with van der Waals surface area (Å²) in [4.78, 5) is 18.7. The molecule has 1 aliphatic carbocycles. The van der Waals surface area contributed by atoms with E-state index in [1.165, 1.54) is 11.3 Å². The van der Waals surface area contributed by atoms with Crippen molar-refractivity contribution in [3.05, 3.63) is 76.6 Å². The van der Waals surface area contributed by atoms with Gasteiger partial charge in [0.2, 0.25) is 5.78 Å². The third-order valence-corrected chi connectivity index (χ3v) is 7.05. The number of phenolic OH excluding ortho intramolecular Hbond substituents is 1. The number of carbonyl (C=O) groups is 1. The fourth-order valence-corrected chi connectivity index (χ4v) is 5.04. The van der Waals surface area contributed by atoms with E-state index in [9.17, 15) is 9.90 Å². The van der Waals surface area contributed by atoms with Gasteiger partial charge in [0.15, 0.2) is 0 Å². The Kier molecular flexibility index (Phi) is 5.64. The third kappa shape index (κ3) is 4.11. The summed E-state index contributed by atoms with van der Waals surface area (Å²) in [5, 5.41) is 16.2. The molecule has 32 heavy (non-hydrogen) atoms. The number of anilines is 1. The maximum Gasteiger partial charge on any atom is 0.206 e. The Bertz CT molecular complexity index is 1240. The van der Waals surface area contributed by atoms with Crippen molar-refractivity contribution in [3.8, 4) is 16.9 Å². The summed E-state index contributed by atoms with van der Waals surface area (Å²) in [5.41, 5.74) is 10.4. The first-order chi connectivity index (χ1) is 15.6. The molecule has 4 N–H and O–H groups in total. The fourth-order valence-electron chi connectivity index (χ4n) is 4.36. The minimum atomic E-state index is -0.0144. The van der Waals surface area contributed by atoms with Crippen LogP contribution in [0.15, 0.2) is 66.2 Å². The van der Waals surface area contributed by atoms with Crippen molar-refractivity contribution in [2.45, 2.75) is 37.8 Å². The van der Waals surface area contributed by atoms with E-state index >= 15 is 0 Å². The van der Waals surface area contributed by atoms with E-state index < -0.39 is 0 Å². The third-order valence-electron chi connectivity index (χ3n) is 6.18. The number of hydrogen-bond acceptors (Lipinski definition) is 6. The minimum absolute atomic E-state index is 0.0144. The van der Waals surface area contributed by atoms with E-state index in [-0.39, 0.29) is 23.6 Å². The Balaban J connectivity index is 1.62. The maximum atomic E-state index is 13.3. The van der Waals surface area contributed by atoms with E-state index in [1.807, 2.05) is 41.8 Å². The van der Waals surface area contributed by atoms with E-state index in [1.54, 1.807) is 18.3 Å². The molecule has 0 unspecified atom stereocenters. The largest absolute Gasteiger partial charge is 0.508 e. The van der Waals surface area contributed by atoms with Crippen LogP contribution in [-0.2, 0) is 0 Å². The van der Waals surface area contributed by atoms with Gasteiger partial charge in [-0.1, -0.05) is 24.3 Å². The van der Waals surface area contributed by atoms with E-state index in [4.69, 9.17) is 5.73 Å². The zero-order chi connectivity index (χ0) is 22.1. The topological polar surface area (TPSA) is 88.2 Å².